The van der Waals surface area contributed by atoms with Gasteiger partial charge in [-0.2, -0.15) is 0 Å². The number of likely N-dealkylation sites (N-methyl/N-ethyl adjacent to an activating group) is 1. The topological polar surface area (TPSA) is 58.6 Å². The number of aryl methyl sites for hydroxylation is 1. The summed E-state index contributed by atoms with van der Waals surface area (Å²) in [6, 6.07) is 4.76. The summed E-state index contributed by atoms with van der Waals surface area (Å²) < 4.78 is 5.61. The van der Waals surface area contributed by atoms with Crippen LogP contribution in [0.25, 0.3) is 0 Å². The summed E-state index contributed by atoms with van der Waals surface area (Å²) in [4.78, 5) is 11.0. The zero-order chi connectivity index (χ0) is 13.0. The van der Waals surface area contributed by atoms with Gasteiger partial charge >= 0.3 is 5.97 Å². The zero-order valence-electron chi connectivity index (χ0n) is 10.7. The Morgan fingerprint density at radius 2 is 2.06 bits per heavy atom. The minimum absolute atomic E-state index is 0.110. The molecule has 4 heteroatoms. The minimum atomic E-state index is -0.885. The van der Waals surface area contributed by atoms with E-state index in [1.54, 1.807) is 13.1 Å². The molecule has 0 saturated heterocycles. The molecule has 0 aromatic heterocycles. The normalized spacial score (nSPS) is 12.5. The van der Waals surface area contributed by atoms with Crippen LogP contribution >= 0.6 is 0 Å². The second-order valence-electron chi connectivity index (χ2n) is 4.25. The van der Waals surface area contributed by atoms with Crippen molar-refractivity contribution >= 4 is 5.97 Å². The van der Waals surface area contributed by atoms with E-state index in [2.05, 4.69) is 5.32 Å². The molecule has 17 heavy (non-hydrogen) atoms. The van der Waals surface area contributed by atoms with Crippen LogP contribution in [-0.2, 0) is 4.79 Å². The second-order valence-corrected chi connectivity index (χ2v) is 4.25. The van der Waals surface area contributed by atoms with Crippen LogP contribution in [0.15, 0.2) is 18.2 Å². The van der Waals surface area contributed by atoms with Gasteiger partial charge in [-0.15, -0.1) is 0 Å². The van der Waals surface area contributed by atoms with Crippen LogP contribution in [0.3, 0.4) is 0 Å². The molecule has 0 aliphatic heterocycles. The Morgan fingerprint density at radius 1 is 1.41 bits per heavy atom. The molecular weight excluding hydrogens is 218 g/mol. The van der Waals surface area contributed by atoms with Gasteiger partial charge in [0.25, 0.3) is 0 Å². The third kappa shape index (κ3) is 3.46. The number of carboxylic acids is 1. The second kappa shape index (κ2) is 5.68. The van der Waals surface area contributed by atoms with Crippen LogP contribution in [0.5, 0.6) is 5.75 Å². The van der Waals surface area contributed by atoms with Gasteiger partial charge in [0.05, 0.1) is 6.10 Å². The first-order chi connectivity index (χ1) is 7.95. The van der Waals surface area contributed by atoms with Gasteiger partial charge in [-0.05, 0) is 45.0 Å². The molecule has 4 nitrogen and oxygen atoms in total. The minimum Gasteiger partial charge on any atom is -0.491 e. The summed E-state index contributed by atoms with van der Waals surface area (Å²) in [6.45, 7) is 5.83. The third-order valence-corrected chi connectivity index (χ3v) is 2.43. The van der Waals surface area contributed by atoms with Crippen LogP contribution in [-0.4, -0.2) is 24.2 Å². The molecule has 0 spiro atoms. The Kier molecular flexibility index (Phi) is 4.52. The molecule has 94 valence electrons. The van der Waals surface area contributed by atoms with Crippen LogP contribution < -0.4 is 10.1 Å². The summed E-state index contributed by atoms with van der Waals surface area (Å²) in [5.41, 5.74) is 1.67. The van der Waals surface area contributed by atoms with E-state index in [-0.39, 0.29) is 6.10 Å². The summed E-state index contributed by atoms with van der Waals surface area (Å²) in [7, 11) is 1.63. The number of carboxylic acid groups (broad SMARTS) is 1. The molecular formula is C13H19NO3. The first-order valence-corrected chi connectivity index (χ1v) is 5.63. The number of aliphatic carboxylic acids is 1. The zero-order valence-corrected chi connectivity index (χ0v) is 10.7. The van der Waals surface area contributed by atoms with Crippen molar-refractivity contribution in [2.45, 2.75) is 32.9 Å². The van der Waals surface area contributed by atoms with Crippen molar-refractivity contribution in [2.24, 2.45) is 0 Å². The summed E-state index contributed by atoms with van der Waals surface area (Å²) >= 11 is 0. The number of rotatable bonds is 5. The molecule has 0 amide bonds. The lowest BCUT2D eigenvalue weighted by molar-refractivity contribution is -0.139. The van der Waals surface area contributed by atoms with Crippen molar-refractivity contribution in [1.82, 2.24) is 5.32 Å². The highest BCUT2D eigenvalue weighted by molar-refractivity contribution is 5.75. The lowest BCUT2D eigenvalue weighted by Crippen LogP contribution is -2.25. The highest BCUT2D eigenvalue weighted by Gasteiger charge is 2.18. The van der Waals surface area contributed by atoms with Crippen molar-refractivity contribution in [2.75, 3.05) is 7.05 Å². The Bertz CT molecular complexity index is 402. The summed E-state index contributed by atoms with van der Waals surface area (Å²) in [6.07, 6.45) is 0.110. The van der Waals surface area contributed by atoms with Gasteiger partial charge in [0.1, 0.15) is 11.8 Å². The van der Waals surface area contributed by atoms with Gasteiger partial charge in [0.2, 0.25) is 0 Å². The standard InChI is InChI=1S/C13H19NO3/c1-8(2)17-11-6-5-10(7-9(11)3)12(14-4)13(15)16/h5-8,12,14H,1-4H3,(H,15,16). The fourth-order valence-corrected chi connectivity index (χ4v) is 1.67. The van der Waals surface area contributed by atoms with E-state index in [1.807, 2.05) is 32.9 Å². The predicted molar refractivity (Wildman–Crippen MR) is 66.4 cm³/mol. The van der Waals surface area contributed by atoms with E-state index in [9.17, 15) is 4.79 Å². The lowest BCUT2D eigenvalue weighted by atomic mass is 10.0. The fourth-order valence-electron chi connectivity index (χ4n) is 1.67. The number of benzene rings is 1. The number of carbonyl (C=O) groups is 1. The molecule has 1 aromatic carbocycles. The van der Waals surface area contributed by atoms with Gasteiger partial charge in [-0.25, -0.2) is 0 Å². The Labute approximate surface area is 102 Å². The van der Waals surface area contributed by atoms with Crippen molar-refractivity contribution in [3.63, 3.8) is 0 Å². The molecule has 0 saturated carbocycles. The molecule has 1 aromatic rings. The molecule has 0 bridgehead atoms. The molecule has 1 unspecified atom stereocenters. The largest absolute Gasteiger partial charge is 0.491 e. The first kappa shape index (κ1) is 13.5. The van der Waals surface area contributed by atoms with Gasteiger partial charge in [-0.3, -0.25) is 4.79 Å². The van der Waals surface area contributed by atoms with Crippen molar-refractivity contribution in [3.05, 3.63) is 29.3 Å². The average Bonchev–Trinajstić information content (AvgIpc) is 2.22. The van der Waals surface area contributed by atoms with E-state index in [4.69, 9.17) is 9.84 Å². The van der Waals surface area contributed by atoms with Gasteiger partial charge in [-0.1, -0.05) is 12.1 Å². The number of ether oxygens (including phenoxy) is 1. The Hall–Kier alpha value is -1.55. The van der Waals surface area contributed by atoms with E-state index >= 15 is 0 Å². The fraction of sp³-hybridized carbons (Fsp3) is 0.462. The number of hydrogen-bond acceptors (Lipinski definition) is 3. The molecule has 0 heterocycles. The summed E-state index contributed by atoms with van der Waals surface area (Å²) in [5.74, 6) is -0.0894. The van der Waals surface area contributed by atoms with E-state index in [0.29, 0.717) is 0 Å². The average molecular weight is 237 g/mol. The highest BCUT2D eigenvalue weighted by atomic mass is 16.5. The number of nitrogens with one attached hydrogen (secondary N) is 1. The van der Waals surface area contributed by atoms with Crippen LogP contribution in [0.2, 0.25) is 0 Å². The monoisotopic (exact) mass is 237 g/mol. The lowest BCUT2D eigenvalue weighted by Gasteiger charge is -2.16. The van der Waals surface area contributed by atoms with E-state index < -0.39 is 12.0 Å². The van der Waals surface area contributed by atoms with Gasteiger partial charge < -0.3 is 15.2 Å². The quantitative estimate of drug-likeness (QED) is 0.823. The maximum atomic E-state index is 11.0. The van der Waals surface area contributed by atoms with Crippen molar-refractivity contribution in [3.8, 4) is 5.75 Å². The number of hydrogen-bond donors (Lipinski definition) is 2. The maximum Gasteiger partial charge on any atom is 0.325 e. The van der Waals surface area contributed by atoms with Crippen LogP contribution in [0, 0.1) is 6.92 Å². The third-order valence-electron chi connectivity index (χ3n) is 2.43. The molecule has 0 radical (unpaired) electrons. The van der Waals surface area contributed by atoms with Crippen molar-refractivity contribution in [1.29, 1.82) is 0 Å². The van der Waals surface area contributed by atoms with E-state index in [0.717, 1.165) is 16.9 Å². The van der Waals surface area contributed by atoms with Crippen LogP contribution in [0.1, 0.15) is 31.0 Å². The van der Waals surface area contributed by atoms with Gasteiger partial charge in [0.15, 0.2) is 0 Å². The first-order valence-electron chi connectivity index (χ1n) is 5.63. The highest BCUT2D eigenvalue weighted by Crippen LogP contribution is 2.23. The Balaban J connectivity index is 2.99. The van der Waals surface area contributed by atoms with E-state index in [1.165, 1.54) is 0 Å². The summed E-state index contributed by atoms with van der Waals surface area (Å²) in [5, 5.41) is 11.8. The molecule has 0 aliphatic rings. The Morgan fingerprint density at radius 3 is 2.47 bits per heavy atom. The molecule has 1 atom stereocenters. The van der Waals surface area contributed by atoms with Crippen LogP contribution in [0.4, 0.5) is 0 Å². The molecule has 0 fully saturated rings. The maximum absolute atomic E-state index is 11.0. The SMILES string of the molecule is CNC(C(=O)O)c1ccc(OC(C)C)c(C)c1. The molecule has 1 rings (SSSR count). The molecule has 0 aliphatic carbocycles. The molecule has 2 N–H and O–H groups in total. The predicted octanol–water partition coefficient (Wildman–Crippen LogP) is 2.13. The van der Waals surface area contributed by atoms with Crippen molar-refractivity contribution < 1.29 is 14.6 Å². The smallest absolute Gasteiger partial charge is 0.325 e. The van der Waals surface area contributed by atoms with Gasteiger partial charge in [0, 0.05) is 0 Å².